The van der Waals surface area contributed by atoms with E-state index in [2.05, 4.69) is 22.4 Å². The van der Waals surface area contributed by atoms with Crippen LogP contribution in [0, 0.1) is 0 Å². The van der Waals surface area contributed by atoms with Crippen LogP contribution in [0.2, 0.25) is 0 Å². The molecule has 6 nitrogen and oxygen atoms in total. The first-order valence-electron chi connectivity index (χ1n) is 6.00. The summed E-state index contributed by atoms with van der Waals surface area (Å²) in [6.45, 7) is 2.05. The molecule has 2 aromatic rings. The van der Waals surface area contributed by atoms with Crippen molar-refractivity contribution < 1.29 is 9.32 Å². The number of carbonyl (C=O) groups excluding carboxylic acids is 1. The number of amides is 1. The van der Waals surface area contributed by atoms with Crippen molar-refractivity contribution in [2.45, 2.75) is 19.3 Å². The summed E-state index contributed by atoms with van der Waals surface area (Å²) in [4.78, 5) is 15.4. The quantitative estimate of drug-likeness (QED) is 0.809. The van der Waals surface area contributed by atoms with E-state index in [1.807, 2.05) is 24.3 Å². The normalized spacial score (nSPS) is 12.1. The van der Waals surface area contributed by atoms with Gasteiger partial charge in [0.15, 0.2) is 0 Å². The average Bonchev–Trinajstić information content (AvgIpc) is 2.87. The Morgan fingerprint density at radius 3 is 2.74 bits per heavy atom. The maximum absolute atomic E-state index is 11.3. The van der Waals surface area contributed by atoms with Gasteiger partial charge >= 0.3 is 0 Å². The van der Waals surface area contributed by atoms with Gasteiger partial charge in [-0.25, -0.2) is 0 Å². The summed E-state index contributed by atoms with van der Waals surface area (Å²) in [5.41, 5.74) is 7.51. The number of hydrogen-bond acceptors (Lipinski definition) is 5. The lowest BCUT2D eigenvalue weighted by molar-refractivity contribution is 0.0950. The Hall–Kier alpha value is -2.37. The number of nitrogens with two attached hydrogens (primary N) is 1. The molecule has 1 unspecified atom stereocenters. The van der Waals surface area contributed by atoms with Crippen LogP contribution in [-0.2, 0) is 6.42 Å². The fraction of sp³-hybridized carbons (Fsp3) is 0.308. The molecule has 19 heavy (non-hydrogen) atoms. The monoisotopic (exact) mass is 260 g/mol. The molecule has 0 bridgehead atoms. The van der Waals surface area contributed by atoms with Gasteiger partial charge in [-0.3, -0.25) is 4.79 Å². The van der Waals surface area contributed by atoms with Crippen molar-refractivity contribution in [2.75, 3.05) is 12.8 Å². The minimum absolute atomic E-state index is 0.0574. The topological polar surface area (TPSA) is 94.0 Å². The van der Waals surface area contributed by atoms with Crippen LogP contribution in [0.15, 0.2) is 28.8 Å². The summed E-state index contributed by atoms with van der Waals surface area (Å²) >= 11 is 0. The van der Waals surface area contributed by atoms with E-state index in [0.29, 0.717) is 12.3 Å². The molecule has 3 N–H and O–H groups in total. The Kier molecular flexibility index (Phi) is 3.79. The minimum atomic E-state index is -0.352. The molecule has 0 aliphatic rings. The molecule has 0 aliphatic carbocycles. The van der Waals surface area contributed by atoms with Crippen molar-refractivity contribution in [1.29, 1.82) is 0 Å². The summed E-state index contributed by atoms with van der Waals surface area (Å²) in [5, 5.41) is 6.08. The summed E-state index contributed by atoms with van der Waals surface area (Å²) in [6.07, 6.45) is 0.577. The van der Waals surface area contributed by atoms with E-state index >= 15 is 0 Å². The van der Waals surface area contributed by atoms with Crippen LogP contribution >= 0.6 is 0 Å². The molecule has 0 fully saturated rings. The number of carbonyl (C=O) groups is 1. The largest absolute Gasteiger partial charge is 0.399 e. The van der Waals surface area contributed by atoms with Gasteiger partial charge in [0.1, 0.15) is 0 Å². The van der Waals surface area contributed by atoms with Gasteiger partial charge in [0, 0.05) is 19.2 Å². The number of aromatic nitrogens is 2. The maximum Gasteiger partial charge on any atom is 0.292 e. The van der Waals surface area contributed by atoms with Crippen LogP contribution in [0.1, 0.15) is 34.9 Å². The third kappa shape index (κ3) is 3.09. The molecular weight excluding hydrogens is 244 g/mol. The zero-order chi connectivity index (χ0) is 13.8. The van der Waals surface area contributed by atoms with Crippen molar-refractivity contribution in [3.05, 3.63) is 41.5 Å². The van der Waals surface area contributed by atoms with Gasteiger partial charge in [-0.15, -0.1) is 0 Å². The molecule has 1 aromatic carbocycles. The van der Waals surface area contributed by atoms with Crippen LogP contribution in [0.5, 0.6) is 0 Å². The molecule has 0 aliphatic heterocycles. The van der Waals surface area contributed by atoms with E-state index in [-0.39, 0.29) is 17.6 Å². The highest BCUT2D eigenvalue weighted by Crippen LogP contribution is 2.20. The molecule has 0 radical (unpaired) electrons. The molecule has 0 saturated heterocycles. The van der Waals surface area contributed by atoms with Crippen molar-refractivity contribution in [3.63, 3.8) is 0 Å². The lowest BCUT2D eigenvalue weighted by Gasteiger charge is -2.08. The molecule has 0 spiro atoms. The second-order valence-corrected chi connectivity index (χ2v) is 4.36. The van der Waals surface area contributed by atoms with Crippen LogP contribution in [0.4, 0.5) is 5.69 Å². The van der Waals surface area contributed by atoms with Gasteiger partial charge in [0.2, 0.25) is 5.89 Å². The van der Waals surface area contributed by atoms with Crippen LogP contribution in [-0.4, -0.2) is 23.1 Å². The van der Waals surface area contributed by atoms with Gasteiger partial charge in [-0.05, 0) is 23.6 Å². The number of rotatable bonds is 4. The van der Waals surface area contributed by atoms with E-state index in [1.165, 1.54) is 7.05 Å². The SMILES string of the molecule is CNC(=O)c1noc(CC(C)c2ccc(N)cc2)n1. The number of nitrogen functional groups attached to an aromatic ring is 1. The van der Waals surface area contributed by atoms with Crippen molar-refractivity contribution in [2.24, 2.45) is 0 Å². The van der Waals surface area contributed by atoms with Gasteiger partial charge in [0.05, 0.1) is 0 Å². The molecule has 6 heteroatoms. The van der Waals surface area contributed by atoms with Gasteiger partial charge < -0.3 is 15.6 Å². The zero-order valence-electron chi connectivity index (χ0n) is 10.9. The Bertz CT molecular complexity index is 562. The van der Waals surface area contributed by atoms with Gasteiger partial charge in [-0.2, -0.15) is 4.98 Å². The molecule has 1 aromatic heterocycles. The fourth-order valence-corrected chi connectivity index (χ4v) is 1.75. The summed E-state index contributed by atoms with van der Waals surface area (Å²) < 4.78 is 5.06. The summed E-state index contributed by atoms with van der Waals surface area (Å²) in [6, 6.07) is 7.65. The van der Waals surface area contributed by atoms with Crippen LogP contribution < -0.4 is 11.1 Å². The average molecular weight is 260 g/mol. The molecule has 1 atom stereocenters. The smallest absolute Gasteiger partial charge is 0.292 e. The van der Waals surface area contributed by atoms with Crippen LogP contribution in [0.25, 0.3) is 0 Å². The van der Waals surface area contributed by atoms with E-state index < -0.39 is 0 Å². The van der Waals surface area contributed by atoms with Crippen molar-refractivity contribution >= 4 is 11.6 Å². The summed E-state index contributed by atoms with van der Waals surface area (Å²) in [5.74, 6) is 0.360. The minimum Gasteiger partial charge on any atom is -0.399 e. The van der Waals surface area contributed by atoms with Gasteiger partial charge in [0.25, 0.3) is 11.7 Å². The van der Waals surface area contributed by atoms with Gasteiger partial charge in [-0.1, -0.05) is 24.2 Å². The standard InChI is InChI=1S/C13H16N4O2/c1-8(9-3-5-10(14)6-4-9)7-11-16-12(17-19-11)13(18)15-2/h3-6,8H,7,14H2,1-2H3,(H,15,18). The molecule has 0 saturated carbocycles. The lowest BCUT2D eigenvalue weighted by atomic mass is 9.98. The first-order valence-corrected chi connectivity index (χ1v) is 6.00. The molecule has 100 valence electrons. The fourth-order valence-electron chi connectivity index (χ4n) is 1.75. The summed E-state index contributed by atoms with van der Waals surface area (Å²) in [7, 11) is 1.52. The second-order valence-electron chi connectivity index (χ2n) is 4.36. The van der Waals surface area contributed by atoms with Crippen LogP contribution in [0.3, 0.4) is 0 Å². The number of benzene rings is 1. The third-order valence-electron chi connectivity index (χ3n) is 2.88. The van der Waals surface area contributed by atoms with Crippen molar-refractivity contribution in [1.82, 2.24) is 15.5 Å². The Balaban J connectivity index is 2.06. The molecule has 1 amide bonds. The number of anilines is 1. The van der Waals surface area contributed by atoms with E-state index in [1.54, 1.807) is 0 Å². The second kappa shape index (κ2) is 5.51. The predicted octanol–water partition coefficient (Wildman–Crippen LogP) is 1.36. The Morgan fingerprint density at radius 2 is 2.11 bits per heavy atom. The van der Waals surface area contributed by atoms with E-state index in [4.69, 9.17) is 10.3 Å². The third-order valence-corrected chi connectivity index (χ3v) is 2.88. The van der Waals surface area contributed by atoms with E-state index in [9.17, 15) is 4.79 Å². The Morgan fingerprint density at radius 1 is 1.42 bits per heavy atom. The number of nitrogens with zero attached hydrogens (tertiary/aromatic N) is 2. The molecular formula is C13H16N4O2. The predicted molar refractivity (Wildman–Crippen MR) is 70.7 cm³/mol. The maximum atomic E-state index is 11.3. The lowest BCUT2D eigenvalue weighted by Crippen LogP contribution is -2.19. The van der Waals surface area contributed by atoms with E-state index in [0.717, 1.165) is 11.3 Å². The number of nitrogens with one attached hydrogen (secondary N) is 1. The highest BCUT2D eigenvalue weighted by Gasteiger charge is 2.15. The Labute approximate surface area is 111 Å². The highest BCUT2D eigenvalue weighted by atomic mass is 16.5. The first kappa shape index (κ1) is 13.1. The number of hydrogen-bond donors (Lipinski definition) is 2. The molecule has 1 heterocycles. The first-order chi connectivity index (χ1) is 9.10. The molecule has 2 rings (SSSR count). The van der Waals surface area contributed by atoms with Crippen molar-refractivity contribution in [3.8, 4) is 0 Å². The highest BCUT2D eigenvalue weighted by molar-refractivity contribution is 5.89. The zero-order valence-corrected chi connectivity index (χ0v) is 10.9.